The Bertz CT molecular complexity index is 588. The van der Waals surface area contributed by atoms with Crippen LogP contribution in [-0.2, 0) is 0 Å². The fraction of sp³-hybridized carbons (Fsp3) is 0.188. The third-order valence-electron chi connectivity index (χ3n) is 3.00. The van der Waals surface area contributed by atoms with Gasteiger partial charge in [0.25, 0.3) is 0 Å². The first-order valence-electron chi connectivity index (χ1n) is 6.43. The fourth-order valence-electron chi connectivity index (χ4n) is 1.86. The fourth-order valence-corrected chi connectivity index (χ4v) is 2.40. The molecule has 4 heteroatoms. The minimum atomic E-state index is -0.215. The lowest BCUT2D eigenvalue weighted by molar-refractivity contribution is 0.257. The van der Waals surface area contributed by atoms with Crippen molar-refractivity contribution in [2.24, 2.45) is 0 Å². The van der Waals surface area contributed by atoms with Crippen LogP contribution in [0.3, 0.4) is 0 Å². The highest BCUT2D eigenvalue weighted by molar-refractivity contribution is 7.98. The summed E-state index contributed by atoms with van der Waals surface area (Å²) >= 11 is 1.31. The molecule has 0 spiro atoms. The maximum atomic E-state index is 11.9. The number of anilines is 1. The number of carbonyl (C=O) groups is 1. The minimum Gasteiger partial charge on any atom is -0.307 e. The van der Waals surface area contributed by atoms with Crippen LogP contribution in [0.4, 0.5) is 10.5 Å². The SMILES string of the molecule is Cc1ccc(SNC(=O)Nc2c(C)cccc2C)cc1. The Labute approximate surface area is 123 Å². The topological polar surface area (TPSA) is 41.1 Å². The molecule has 20 heavy (non-hydrogen) atoms. The second-order valence-corrected chi connectivity index (χ2v) is 5.62. The maximum absolute atomic E-state index is 11.9. The number of hydrogen-bond acceptors (Lipinski definition) is 2. The molecule has 2 amide bonds. The van der Waals surface area contributed by atoms with Crippen LogP contribution in [-0.4, -0.2) is 6.03 Å². The molecule has 2 aromatic rings. The lowest BCUT2D eigenvalue weighted by Gasteiger charge is -2.11. The molecule has 0 aliphatic rings. The number of hydrogen-bond donors (Lipinski definition) is 2. The van der Waals surface area contributed by atoms with E-state index >= 15 is 0 Å². The molecule has 0 aromatic heterocycles. The summed E-state index contributed by atoms with van der Waals surface area (Å²) in [5.41, 5.74) is 4.19. The smallest absolute Gasteiger partial charge is 0.307 e. The molecule has 3 nitrogen and oxygen atoms in total. The second-order valence-electron chi connectivity index (χ2n) is 4.74. The van der Waals surface area contributed by atoms with Crippen LogP contribution < -0.4 is 10.0 Å². The van der Waals surface area contributed by atoms with Crippen molar-refractivity contribution in [3.8, 4) is 0 Å². The Morgan fingerprint density at radius 3 is 2.15 bits per heavy atom. The molecular weight excluding hydrogens is 268 g/mol. The van der Waals surface area contributed by atoms with Crippen molar-refractivity contribution in [3.63, 3.8) is 0 Å². The molecule has 0 bridgehead atoms. The van der Waals surface area contributed by atoms with Gasteiger partial charge in [0.2, 0.25) is 0 Å². The van der Waals surface area contributed by atoms with Gasteiger partial charge >= 0.3 is 6.03 Å². The standard InChI is InChI=1S/C16H18N2OS/c1-11-7-9-14(10-8-11)20-18-16(19)17-15-12(2)5-4-6-13(15)3/h4-10H,1-3H3,(H2,17,18,19). The number of amides is 2. The van der Waals surface area contributed by atoms with E-state index in [0.717, 1.165) is 21.7 Å². The summed E-state index contributed by atoms with van der Waals surface area (Å²) in [5.74, 6) is 0. The van der Waals surface area contributed by atoms with E-state index in [0.29, 0.717) is 0 Å². The van der Waals surface area contributed by atoms with Crippen LogP contribution >= 0.6 is 11.9 Å². The monoisotopic (exact) mass is 286 g/mol. The van der Waals surface area contributed by atoms with Crippen molar-refractivity contribution in [1.29, 1.82) is 0 Å². The van der Waals surface area contributed by atoms with Crippen LogP contribution in [0.5, 0.6) is 0 Å². The van der Waals surface area contributed by atoms with Gasteiger partial charge in [-0.1, -0.05) is 35.9 Å². The average Bonchev–Trinajstić information content (AvgIpc) is 2.42. The van der Waals surface area contributed by atoms with Crippen molar-refractivity contribution in [2.45, 2.75) is 25.7 Å². The zero-order chi connectivity index (χ0) is 14.5. The second kappa shape index (κ2) is 6.48. The zero-order valence-corrected chi connectivity index (χ0v) is 12.7. The van der Waals surface area contributed by atoms with Gasteiger partial charge in [0, 0.05) is 10.6 Å². The molecule has 104 valence electrons. The third kappa shape index (κ3) is 3.78. The summed E-state index contributed by atoms with van der Waals surface area (Å²) in [5, 5.41) is 2.89. The highest BCUT2D eigenvalue weighted by Gasteiger charge is 2.07. The van der Waals surface area contributed by atoms with E-state index in [1.807, 2.05) is 63.2 Å². The number of nitrogens with one attached hydrogen (secondary N) is 2. The number of para-hydroxylation sites is 1. The first kappa shape index (κ1) is 14.5. The van der Waals surface area contributed by atoms with E-state index in [-0.39, 0.29) is 6.03 Å². The molecule has 0 unspecified atom stereocenters. The quantitative estimate of drug-likeness (QED) is 0.819. The lowest BCUT2D eigenvalue weighted by Crippen LogP contribution is -2.23. The highest BCUT2D eigenvalue weighted by atomic mass is 32.2. The van der Waals surface area contributed by atoms with E-state index in [1.165, 1.54) is 17.5 Å². The molecular formula is C16H18N2OS. The summed E-state index contributed by atoms with van der Waals surface area (Å²) in [6.45, 7) is 6.00. The molecule has 2 N–H and O–H groups in total. The lowest BCUT2D eigenvalue weighted by atomic mass is 10.1. The maximum Gasteiger partial charge on any atom is 0.329 e. The Kier molecular flexibility index (Phi) is 4.69. The molecule has 0 heterocycles. The molecule has 2 aromatic carbocycles. The first-order valence-corrected chi connectivity index (χ1v) is 7.24. The van der Waals surface area contributed by atoms with Gasteiger partial charge in [0.05, 0.1) is 0 Å². The van der Waals surface area contributed by atoms with Crippen molar-refractivity contribution in [2.75, 3.05) is 5.32 Å². The highest BCUT2D eigenvalue weighted by Crippen LogP contribution is 2.20. The summed E-state index contributed by atoms with van der Waals surface area (Å²) in [6, 6.07) is 13.7. The largest absolute Gasteiger partial charge is 0.329 e. The Morgan fingerprint density at radius 2 is 1.55 bits per heavy atom. The van der Waals surface area contributed by atoms with Crippen LogP contribution in [0.2, 0.25) is 0 Å². The molecule has 0 aliphatic carbocycles. The Balaban J connectivity index is 1.94. The predicted molar refractivity (Wildman–Crippen MR) is 85.1 cm³/mol. The van der Waals surface area contributed by atoms with Gasteiger partial charge in [-0.2, -0.15) is 0 Å². The number of urea groups is 1. The molecule has 0 fully saturated rings. The van der Waals surface area contributed by atoms with Crippen molar-refractivity contribution >= 4 is 23.7 Å². The normalized spacial score (nSPS) is 10.2. The third-order valence-corrected chi connectivity index (χ3v) is 3.80. The van der Waals surface area contributed by atoms with Gasteiger partial charge in [-0.25, -0.2) is 4.79 Å². The molecule has 0 aliphatic heterocycles. The first-order chi connectivity index (χ1) is 9.56. The van der Waals surface area contributed by atoms with Gasteiger partial charge in [-0.15, -0.1) is 0 Å². The summed E-state index contributed by atoms with van der Waals surface area (Å²) < 4.78 is 2.79. The summed E-state index contributed by atoms with van der Waals surface area (Å²) in [4.78, 5) is 12.9. The molecule has 0 saturated carbocycles. The van der Waals surface area contributed by atoms with Gasteiger partial charge in [-0.3, -0.25) is 4.72 Å². The van der Waals surface area contributed by atoms with E-state index in [1.54, 1.807) is 0 Å². The van der Waals surface area contributed by atoms with Crippen LogP contribution in [0.1, 0.15) is 16.7 Å². The molecule has 0 saturated heterocycles. The van der Waals surface area contributed by atoms with Gasteiger partial charge in [0.1, 0.15) is 0 Å². The molecule has 0 atom stereocenters. The predicted octanol–water partition coefficient (Wildman–Crippen LogP) is 4.44. The Morgan fingerprint density at radius 1 is 0.950 bits per heavy atom. The van der Waals surface area contributed by atoms with Crippen molar-refractivity contribution in [1.82, 2.24) is 4.72 Å². The van der Waals surface area contributed by atoms with Crippen LogP contribution in [0.15, 0.2) is 47.4 Å². The van der Waals surface area contributed by atoms with E-state index in [2.05, 4.69) is 10.0 Å². The van der Waals surface area contributed by atoms with Gasteiger partial charge < -0.3 is 5.32 Å². The van der Waals surface area contributed by atoms with Crippen molar-refractivity contribution in [3.05, 3.63) is 59.2 Å². The van der Waals surface area contributed by atoms with Crippen LogP contribution in [0.25, 0.3) is 0 Å². The van der Waals surface area contributed by atoms with E-state index < -0.39 is 0 Å². The van der Waals surface area contributed by atoms with Crippen molar-refractivity contribution < 1.29 is 4.79 Å². The molecule has 0 radical (unpaired) electrons. The van der Waals surface area contributed by atoms with Gasteiger partial charge in [-0.05, 0) is 56.0 Å². The minimum absolute atomic E-state index is 0.215. The number of aryl methyl sites for hydroxylation is 3. The Hall–Kier alpha value is -1.94. The molecule has 2 rings (SSSR count). The number of carbonyl (C=O) groups excluding carboxylic acids is 1. The van der Waals surface area contributed by atoms with Gasteiger partial charge in [0.15, 0.2) is 0 Å². The van der Waals surface area contributed by atoms with E-state index in [9.17, 15) is 4.79 Å². The summed E-state index contributed by atoms with van der Waals surface area (Å²) in [6.07, 6.45) is 0. The van der Waals surface area contributed by atoms with E-state index in [4.69, 9.17) is 0 Å². The van der Waals surface area contributed by atoms with Crippen LogP contribution in [0, 0.1) is 20.8 Å². The number of rotatable bonds is 3. The zero-order valence-electron chi connectivity index (χ0n) is 11.9. The average molecular weight is 286 g/mol. The summed E-state index contributed by atoms with van der Waals surface area (Å²) in [7, 11) is 0. The number of benzene rings is 2.